The summed E-state index contributed by atoms with van der Waals surface area (Å²) in [5.74, 6) is 0. The summed E-state index contributed by atoms with van der Waals surface area (Å²) in [6.45, 7) is 0.0759. The number of benzene rings is 1. The molecule has 1 aromatic carbocycles. The Morgan fingerprint density at radius 3 is 2.85 bits per heavy atom. The van der Waals surface area contributed by atoms with Crippen LogP contribution >= 0.6 is 0 Å². The van der Waals surface area contributed by atoms with E-state index in [0.717, 1.165) is 16.5 Å². The lowest BCUT2D eigenvalue weighted by Crippen LogP contribution is -1.83. The SMILES string of the molecule is N.OCc1ccc2cccnc2c1. The minimum atomic E-state index is 0. The number of pyridine rings is 1. The Hall–Kier alpha value is -1.45. The molecule has 0 bridgehead atoms. The summed E-state index contributed by atoms with van der Waals surface area (Å²) in [6, 6.07) is 9.68. The molecule has 4 N–H and O–H groups in total. The number of nitrogens with zero attached hydrogens (tertiary/aromatic N) is 1. The molecule has 0 atom stereocenters. The molecule has 0 aliphatic heterocycles. The Bertz CT molecular complexity index is 401. The lowest BCUT2D eigenvalue weighted by Gasteiger charge is -1.98. The molecule has 3 heteroatoms. The van der Waals surface area contributed by atoms with E-state index in [9.17, 15) is 0 Å². The molecule has 0 saturated heterocycles. The van der Waals surface area contributed by atoms with Gasteiger partial charge in [-0.15, -0.1) is 0 Å². The van der Waals surface area contributed by atoms with Gasteiger partial charge in [0.2, 0.25) is 0 Å². The quantitative estimate of drug-likeness (QED) is 0.697. The number of rotatable bonds is 1. The lowest BCUT2D eigenvalue weighted by atomic mass is 10.1. The standard InChI is InChI=1S/C10H9NO.H3N/c12-7-8-3-4-9-2-1-5-11-10(9)6-8;/h1-6,12H,7H2;1H3. The molecule has 0 spiro atoms. The second-order valence-electron chi connectivity index (χ2n) is 2.69. The molecular formula is C10H12N2O. The monoisotopic (exact) mass is 176 g/mol. The average molecular weight is 176 g/mol. The number of aromatic nitrogens is 1. The number of aliphatic hydroxyl groups is 1. The van der Waals surface area contributed by atoms with Crippen LogP contribution in [0.3, 0.4) is 0 Å². The molecule has 0 radical (unpaired) electrons. The maximum Gasteiger partial charge on any atom is 0.0705 e. The van der Waals surface area contributed by atoms with Crippen LogP contribution in [0.2, 0.25) is 0 Å². The van der Waals surface area contributed by atoms with Gasteiger partial charge in [-0.05, 0) is 17.7 Å². The van der Waals surface area contributed by atoms with Crippen LogP contribution in [0.4, 0.5) is 0 Å². The maximum absolute atomic E-state index is 8.87. The Balaban J connectivity index is 0.000000845. The first-order valence-corrected chi connectivity index (χ1v) is 3.84. The van der Waals surface area contributed by atoms with Gasteiger partial charge in [0.15, 0.2) is 0 Å². The van der Waals surface area contributed by atoms with Crippen molar-refractivity contribution >= 4 is 10.9 Å². The zero-order valence-electron chi connectivity index (χ0n) is 7.27. The molecule has 0 amide bonds. The average Bonchev–Trinajstić information content (AvgIpc) is 2.17. The molecule has 13 heavy (non-hydrogen) atoms. The third-order valence-electron chi connectivity index (χ3n) is 1.85. The fourth-order valence-electron chi connectivity index (χ4n) is 1.21. The van der Waals surface area contributed by atoms with Gasteiger partial charge in [0.1, 0.15) is 0 Å². The van der Waals surface area contributed by atoms with E-state index in [2.05, 4.69) is 4.98 Å². The van der Waals surface area contributed by atoms with E-state index in [1.165, 1.54) is 0 Å². The van der Waals surface area contributed by atoms with Crippen LogP contribution in [-0.4, -0.2) is 10.1 Å². The first-order chi connectivity index (χ1) is 5.90. The van der Waals surface area contributed by atoms with E-state index in [1.807, 2.05) is 30.3 Å². The molecular weight excluding hydrogens is 164 g/mol. The molecule has 1 heterocycles. The number of hydrogen-bond acceptors (Lipinski definition) is 3. The van der Waals surface area contributed by atoms with Crippen molar-refractivity contribution in [2.45, 2.75) is 6.61 Å². The van der Waals surface area contributed by atoms with Crippen LogP contribution in [0.15, 0.2) is 36.5 Å². The molecule has 2 aromatic rings. The van der Waals surface area contributed by atoms with Crippen molar-refractivity contribution in [1.29, 1.82) is 0 Å². The van der Waals surface area contributed by atoms with Crippen LogP contribution in [0.1, 0.15) is 5.56 Å². The Labute approximate surface area is 76.6 Å². The Kier molecular flexibility index (Phi) is 2.95. The van der Waals surface area contributed by atoms with Crippen molar-refractivity contribution in [3.8, 4) is 0 Å². The van der Waals surface area contributed by atoms with E-state index < -0.39 is 0 Å². The van der Waals surface area contributed by atoms with Crippen LogP contribution in [-0.2, 0) is 6.61 Å². The third kappa shape index (κ3) is 1.83. The molecule has 2 rings (SSSR count). The van der Waals surface area contributed by atoms with Gasteiger partial charge in [-0.25, -0.2) is 0 Å². The molecule has 3 nitrogen and oxygen atoms in total. The molecule has 0 aliphatic carbocycles. The van der Waals surface area contributed by atoms with Crippen molar-refractivity contribution in [1.82, 2.24) is 11.1 Å². The zero-order valence-corrected chi connectivity index (χ0v) is 7.27. The molecule has 0 fully saturated rings. The summed E-state index contributed by atoms with van der Waals surface area (Å²) in [4.78, 5) is 4.18. The maximum atomic E-state index is 8.87. The van der Waals surface area contributed by atoms with Gasteiger partial charge >= 0.3 is 0 Å². The molecule has 0 aliphatic rings. The second-order valence-corrected chi connectivity index (χ2v) is 2.69. The van der Waals surface area contributed by atoms with Crippen LogP contribution < -0.4 is 6.15 Å². The largest absolute Gasteiger partial charge is 0.392 e. The van der Waals surface area contributed by atoms with Gasteiger partial charge < -0.3 is 11.3 Å². The first-order valence-electron chi connectivity index (χ1n) is 3.84. The Morgan fingerprint density at radius 2 is 2.08 bits per heavy atom. The van der Waals surface area contributed by atoms with E-state index in [0.29, 0.717) is 0 Å². The summed E-state index contributed by atoms with van der Waals surface area (Å²) in [7, 11) is 0. The van der Waals surface area contributed by atoms with Gasteiger partial charge in [0, 0.05) is 11.6 Å². The highest BCUT2D eigenvalue weighted by molar-refractivity contribution is 5.78. The minimum absolute atomic E-state index is 0. The fourth-order valence-corrected chi connectivity index (χ4v) is 1.21. The number of fused-ring (bicyclic) bond motifs is 1. The van der Waals surface area contributed by atoms with Gasteiger partial charge in [-0.1, -0.05) is 18.2 Å². The number of hydrogen-bond donors (Lipinski definition) is 2. The van der Waals surface area contributed by atoms with E-state index in [4.69, 9.17) is 5.11 Å². The summed E-state index contributed by atoms with van der Waals surface area (Å²) in [6.07, 6.45) is 1.75. The van der Waals surface area contributed by atoms with E-state index in [1.54, 1.807) is 6.20 Å². The zero-order chi connectivity index (χ0) is 8.39. The summed E-state index contributed by atoms with van der Waals surface area (Å²) >= 11 is 0. The van der Waals surface area contributed by atoms with Crippen molar-refractivity contribution in [2.75, 3.05) is 0 Å². The number of aliphatic hydroxyl groups excluding tert-OH is 1. The van der Waals surface area contributed by atoms with Crippen molar-refractivity contribution in [2.24, 2.45) is 0 Å². The predicted molar refractivity (Wildman–Crippen MR) is 52.7 cm³/mol. The summed E-state index contributed by atoms with van der Waals surface area (Å²) in [5.41, 5.74) is 1.84. The van der Waals surface area contributed by atoms with E-state index >= 15 is 0 Å². The van der Waals surface area contributed by atoms with Crippen LogP contribution in [0.25, 0.3) is 10.9 Å². The summed E-state index contributed by atoms with van der Waals surface area (Å²) < 4.78 is 0. The highest BCUT2D eigenvalue weighted by atomic mass is 16.3. The smallest absolute Gasteiger partial charge is 0.0705 e. The first kappa shape index (κ1) is 9.64. The highest BCUT2D eigenvalue weighted by Gasteiger charge is 1.94. The van der Waals surface area contributed by atoms with Crippen molar-refractivity contribution in [3.63, 3.8) is 0 Å². The topological polar surface area (TPSA) is 68.1 Å². The lowest BCUT2D eigenvalue weighted by molar-refractivity contribution is 0.282. The fraction of sp³-hybridized carbons (Fsp3) is 0.100. The molecule has 0 unspecified atom stereocenters. The van der Waals surface area contributed by atoms with E-state index in [-0.39, 0.29) is 12.8 Å². The van der Waals surface area contributed by atoms with Crippen LogP contribution in [0.5, 0.6) is 0 Å². The van der Waals surface area contributed by atoms with Crippen LogP contribution in [0, 0.1) is 0 Å². The Morgan fingerprint density at radius 1 is 1.23 bits per heavy atom. The minimum Gasteiger partial charge on any atom is -0.392 e. The normalized spacial score (nSPS) is 9.62. The van der Waals surface area contributed by atoms with Gasteiger partial charge in [0.25, 0.3) is 0 Å². The van der Waals surface area contributed by atoms with Gasteiger partial charge in [-0.3, -0.25) is 4.98 Å². The molecule has 68 valence electrons. The molecule has 1 aromatic heterocycles. The van der Waals surface area contributed by atoms with Crippen molar-refractivity contribution < 1.29 is 5.11 Å². The second kappa shape index (κ2) is 3.98. The summed E-state index contributed by atoms with van der Waals surface area (Å²) in [5, 5.41) is 9.98. The predicted octanol–water partition coefficient (Wildman–Crippen LogP) is 1.89. The van der Waals surface area contributed by atoms with Gasteiger partial charge in [0.05, 0.1) is 12.1 Å². The third-order valence-corrected chi connectivity index (χ3v) is 1.85. The van der Waals surface area contributed by atoms with Crippen molar-refractivity contribution in [3.05, 3.63) is 42.1 Å². The highest BCUT2D eigenvalue weighted by Crippen LogP contribution is 2.12. The molecule has 0 saturated carbocycles. The van der Waals surface area contributed by atoms with Gasteiger partial charge in [-0.2, -0.15) is 0 Å².